The summed E-state index contributed by atoms with van der Waals surface area (Å²) in [6.07, 6.45) is 4.10. The number of ether oxygens (including phenoxy) is 2. The van der Waals surface area contributed by atoms with Crippen LogP contribution < -0.4 is 25.4 Å². The molecule has 4 bridgehead atoms. The number of aromatic nitrogens is 3. The summed E-state index contributed by atoms with van der Waals surface area (Å²) in [6, 6.07) is 19.6. The molecule has 7 rings (SSSR count). The number of hydrogen-bond acceptors (Lipinski definition) is 9. The first-order chi connectivity index (χ1) is 26.7. The second-order valence-electron chi connectivity index (χ2n) is 14.3. The molecular formula is C41H47N7O7. The van der Waals surface area contributed by atoms with Crippen LogP contribution in [0.2, 0.25) is 0 Å². The molecule has 4 aromatic rings. The standard InChI is InChI=1S/C41H47N7O7/c1-27(2)21-35-41(53)48-18-8-12-36(48)40(52)43-34(23-28-9-4-3-5-10-28)39(51)42-30(25-49)22-29-14-16-32(17-15-29)54-20-19-47-24-31(45-46-47)26-55-37-13-7-6-11-33(37)38(50)44-35/h3-7,9-11,13-17,24-25,27,30,34-36H,8,12,18-23,26H2,1-2H3,(H,42,51)(H,43,52)(H,44,50)/t30?,34-,35?,36?/m0/s1. The topological polar surface area (TPSA) is 174 Å². The normalized spacial score (nSPS) is 21.6. The number of amides is 4. The van der Waals surface area contributed by atoms with E-state index in [-0.39, 0.29) is 36.8 Å². The van der Waals surface area contributed by atoms with E-state index in [9.17, 15) is 24.0 Å². The average Bonchev–Trinajstić information content (AvgIpc) is 3.87. The Morgan fingerprint density at radius 2 is 1.62 bits per heavy atom. The van der Waals surface area contributed by atoms with Gasteiger partial charge in [-0.25, -0.2) is 4.68 Å². The van der Waals surface area contributed by atoms with Crippen molar-refractivity contribution < 1.29 is 33.4 Å². The minimum absolute atomic E-state index is 0.0378. The van der Waals surface area contributed by atoms with E-state index in [0.29, 0.717) is 62.4 Å². The van der Waals surface area contributed by atoms with Gasteiger partial charge >= 0.3 is 0 Å². The van der Waals surface area contributed by atoms with E-state index in [4.69, 9.17) is 9.47 Å². The summed E-state index contributed by atoms with van der Waals surface area (Å²) in [5.74, 6) is -0.917. The van der Waals surface area contributed by atoms with Crippen LogP contribution in [0.4, 0.5) is 0 Å². The van der Waals surface area contributed by atoms with E-state index >= 15 is 0 Å². The molecule has 14 heteroatoms. The Kier molecular flexibility index (Phi) is 12.9. The van der Waals surface area contributed by atoms with Crippen LogP contribution in [0, 0.1) is 5.92 Å². The number of para-hydroxylation sites is 1. The molecule has 55 heavy (non-hydrogen) atoms. The van der Waals surface area contributed by atoms with Gasteiger partial charge in [0, 0.05) is 13.0 Å². The summed E-state index contributed by atoms with van der Waals surface area (Å²) in [7, 11) is 0. The zero-order valence-corrected chi connectivity index (χ0v) is 31.1. The molecule has 0 radical (unpaired) electrons. The fraction of sp³-hybridized carbons (Fsp3) is 0.390. The van der Waals surface area contributed by atoms with E-state index < -0.39 is 41.9 Å². The summed E-state index contributed by atoms with van der Waals surface area (Å²) in [5.41, 5.74) is 2.40. The van der Waals surface area contributed by atoms with Gasteiger partial charge in [0.05, 0.1) is 24.3 Å². The lowest BCUT2D eigenvalue weighted by Gasteiger charge is -2.30. The van der Waals surface area contributed by atoms with Crippen molar-refractivity contribution in [1.82, 2.24) is 35.8 Å². The van der Waals surface area contributed by atoms with Crippen LogP contribution in [0.15, 0.2) is 85.1 Å². The second kappa shape index (κ2) is 18.3. The van der Waals surface area contributed by atoms with Gasteiger partial charge in [-0.15, -0.1) is 5.10 Å². The highest BCUT2D eigenvalue weighted by Gasteiger charge is 2.39. The molecule has 14 nitrogen and oxygen atoms in total. The zero-order chi connectivity index (χ0) is 38.7. The number of nitrogens with one attached hydrogen (secondary N) is 3. The Hall–Kier alpha value is -6.05. The van der Waals surface area contributed by atoms with Crippen molar-refractivity contribution in [3.8, 4) is 11.5 Å². The van der Waals surface area contributed by atoms with E-state index in [2.05, 4.69) is 26.3 Å². The van der Waals surface area contributed by atoms with Crippen molar-refractivity contribution in [2.24, 2.45) is 5.92 Å². The number of aldehydes is 1. The molecule has 3 N–H and O–H groups in total. The molecule has 3 aliphatic heterocycles. The molecule has 4 atom stereocenters. The molecule has 1 saturated heterocycles. The fourth-order valence-corrected chi connectivity index (χ4v) is 6.85. The summed E-state index contributed by atoms with van der Waals surface area (Å²) in [4.78, 5) is 69.6. The molecule has 4 heterocycles. The first-order valence-electron chi connectivity index (χ1n) is 18.7. The van der Waals surface area contributed by atoms with Crippen molar-refractivity contribution in [2.75, 3.05) is 13.2 Å². The summed E-state index contributed by atoms with van der Waals surface area (Å²) >= 11 is 0. The van der Waals surface area contributed by atoms with Crippen LogP contribution >= 0.6 is 0 Å². The molecule has 3 unspecified atom stereocenters. The number of carbonyl (C=O) groups is 5. The quantitative estimate of drug-likeness (QED) is 0.259. The second-order valence-corrected chi connectivity index (χ2v) is 14.3. The third-order valence-electron chi connectivity index (χ3n) is 9.62. The van der Waals surface area contributed by atoms with Crippen LogP contribution in [0.3, 0.4) is 0 Å². The lowest BCUT2D eigenvalue weighted by Crippen LogP contribution is -2.57. The van der Waals surface area contributed by atoms with E-state index in [0.717, 1.165) is 11.1 Å². The van der Waals surface area contributed by atoms with Crippen molar-refractivity contribution in [1.29, 1.82) is 0 Å². The SMILES string of the molecule is CC(C)CC1NC(=O)c2ccccc2OCc2cn(nn2)CCOc2ccc(cc2)CC(C=O)NC(=O)[C@H](Cc2ccccc2)NC(=O)C2CCCN2C1=O. The van der Waals surface area contributed by atoms with Gasteiger partial charge in [-0.05, 0) is 67.0 Å². The Balaban J connectivity index is 1.28. The van der Waals surface area contributed by atoms with Gasteiger partial charge < -0.3 is 35.1 Å². The number of fused-ring (bicyclic) bond motifs is 14. The smallest absolute Gasteiger partial charge is 0.255 e. The molecule has 0 spiro atoms. The number of hydrogen-bond donors (Lipinski definition) is 3. The Labute approximate surface area is 319 Å². The van der Waals surface area contributed by atoms with Gasteiger partial charge in [-0.1, -0.05) is 73.7 Å². The molecule has 3 aromatic carbocycles. The molecule has 288 valence electrons. The maximum absolute atomic E-state index is 14.2. The number of carbonyl (C=O) groups excluding carboxylic acids is 5. The maximum atomic E-state index is 14.2. The predicted octanol–water partition coefficient (Wildman–Crippen LogP) is 3.04. The van der Waals surface area contributed by atoms with Crippen molar-refractivity contribution in [2.45, 2.75) is 83.3 Å². The van der Waals surface area contributed by atoms with Gasteiger partial charge in [0.25, 0.3) is 5.91 Å². The van der Waals surface area contributed by atoms with Crippen molar-refractivity contribution >= 4 is 29.9 Å². The van der Waals surface area contributed by atoms with Gasteiger partial charge in [-0.3, -0.25) is 19.2 Å². The average molecular weight is 750 g/mol. The first kappa shape index (κ1) is 38.7. The van der Waals surface area contributed by atoms with Gasteiger partial charge in [0.1, 0.15) is 54.8 Å². The molecule has 0 saturated carbocycles. The molecule has 4 amide bonds. The van der Waals surface area contributed by atoms with Crippen LogP contribution in [0.25, 0.3) is 0 Å². The molecular weight excluding hydrogens is 702 g/mol. The molecule has 1 aromatic heterocycles. The van der Waals surface area contributed by atoms with Gasteiger partial charge in [0.15, 0.2) is 0 Å². The minimum atomic E-state index is -1.03. The van der Waals surface area contributed by atoms with E-state index in [1.54, 1.807) is 47.3 Å². The number of nitrogens with zero attached hydrogens (tertiary/aromatic N) is 4. The lowest BCUT2D eigenvalue weighted by molar-refractivity contribution is -0.141. The first-order valence-corrected chi connectivity index (χ1v) is 18.7. The predicted molar refractivity (Wildman–Crippen MR) is 202 cm³/mol. The van der Waals surface area contributed by atoms with Crippen LogP contribution in [-0.2, 0) is 45.2 Å². The molecule has 3 aliphatic rings. The zero-order valence-electron chi connectivity index (χ0n) is 31.1. The van der Waals surface area contributed by atoms with Crippen molar-refractivity contribution in [3.63, 3.8) is 0 Å². The molecule has 1 fully saturated rings. The van der Waals surface area contributed by atoms with Crippen LogP contribution in [-0.4, -0.2) is 87.1 Å². The third-order valence-corrected chi connectivity index (χ3v) is 9.62. The highest BCUT2D eigenvalue weighted by atomic mass is 16.5. The van der Waals surface area contributed by atoms with E-state index in [1.807, 2.05) is 56.3 Å². The maximum Gasteiger partial charge on any atom is 0.255 e. The summed E-state index contributed by atoms with van der Waals surface area (Å²) < 4.78 is 13.6. The summed E-state index contributed by atoms with van der Waals surface area (Å²) in [6.45, 7) is 4.99. The van der Waals surface area contributed by atoms with Crippen molar-refractivity contribution in [3.05, 3.63) is 107 Å². The largest absolute Gasteiger partial charge is 0.492 e. The minimum Gasteiger partial charge on any atom is -0.492 e. The highest BCUT2D eigenvalue weighted by Crippen LogP contribution is 2.23. The highest BCUT2D eigenvalue weighted by molar-refractivity contribution is 6.00. The van der Waals surface area contributed by atoms with Gasteiger partial charge in [-0.2, -0.15) is 0 Å². The fourth-order valence-electron chi connectivity index (χ4n) is 6.85. The Bertz CT molecular complexity index is 1950. The monoisotopic (exact) mass is 749 g/mol. The number of benzene rings is 3. The van der Waals surface area contributed by atoms with E-state index in [1.165, 1.54) is 4.90 Å². The van der Waals surface area contributed by atoms with Crippen LogP contribution in [0.5, 0.6) is 11.5 Å². The van der Waals surface area contributed by atoms with Gasteiger partial charge in [0.2, 0.25) is 17.7 Å². The van der Waals surface area contributed by atoms with Crippen LogP contribution in [0.1, 0.15) is 60.3 Å². The molecule has 0 aliphatic carbocycles. The Morgan fingerprint density at radius 3 is 2.38 bits per heavy atom. The summed E-state index contributed by atoms with van der Waals surface area (Å²) in [5, 5.41) is 17.0. The third kappa shape index (κ3) is 10.3. The Morgan fingerprint density at radius 1 is 0.855 bits per heavy atom. The lowest BCUT2D eigenvalue weighted by atomic mass is 10.0. The number of rotatable bonds is 5.